The van der Waals surface area contributed by atoms with Gasteiger partial charge in [-0.3, -0.25) is 0 Å². The summed E-state index contributed by atoms with van der Waals surface area (Å²) in [7, 11) is 0. The number of fused-ring (bicyclic) bond motifs is 1. The summed E-state index contributed by atoms with van der Waals surface area (Å²) in [4.78, 5) is 9.37. The largest absolute Gasteiger partial charge is 0.382 e. The molecule has 3 rings (SSSR count). The monoisotopic (exact) mass is 305 g/mol. The Morgan fingerprint density at radius 3 is 2.59 bits per heavy atom. The number of nitrogen functional groups attached to an aromatic ring is 1. The van der Waals surface area contributed by atoms with Gasteiger partial charge in [-0.25, -0.2) is 9.97 Å². The molecule has 3 aromatic rings. The number of hydrogen-bond donors (Lipinski definition) is 1. The molecule has 17 heavy (non-hydrogen) atoms. The van der Waals surface area contributed by atoms with Gasteiger partial charge in [0, 0.05) is 9.35 Å². The Labute approximate surface area is 110 Å². The second-order valence-electron chi connectivity index (χ2n) is 3.59. The highest BCUT2D eigenvalue weighted by Crippen LogP contribution is 2.34. The molecule has 2 aromatic heterocycles. The molecule has 5 heteroatoms. The fourth-order valence-corrected chi connectivity index (χ4v) is 2.91. The van der Waals surface area contributed by atoms with E-state index in [9.17, 15) is 0 Å². The number of thiophene rings is 1. The number of aromatic nitrogens is 2. The van der Waals surface area contributed by atoms with Crippen molar-refractivity contribution in [1.82, 2.24) is 9.97 Å². The molecule has 0 atom stereocenters. The molecule has 2 heterocycles. The van der Waals surface area contributed by atoms with E-state index in [1.165, 1.54) is 6.33 Å². The minimum Gasteiger partial charge on any atom is -0.382 e. The first-order chi connectivity index (χ1) is 8.24. The van der Waals surface area contributed by atoms with Crippen molar-refractivity contribution in [3.63, 3.8) is 0 Å². The number of rotatable bonds is 1. The number of nitrogens with zero attached hydrogens (tertiary/aromatic N) is 2. The van der Waals surface area contributed by atoms with Crippen LogP contribution in [0.4, 0.5) is 5.82 Å². The fourth-order valence-electron chi connectivity index (χ4n) is 1.63. The SMILES string of the molecule is Nc1ncnc2cc(-c3ccc(Br)cc3)sc12. The zero-order chi connectivity index (χ0) is 11.8. The minimum absolute atomic E-state index is 0.545. The van der Waals surface area contributed by atoms with Crippen molar-refractivity contribution in [3.05, 3.63) is 41.1 Å². The van der Waals surface area contributed by atoms with E-state index in [1.54, 1.807) is 11.3 Å². The van der Waals surface area contributed by atoms with Gasteiger partial charge >= 0.3 is 0 Å². The van der Waals surface area contributed by atoms with Crippen LogP contribution in [0.1, 0.15) is 0 Å². The number of benzene rings is 1. The van der Waals surface area contributed by atoms with E-state index >= 15 is 0 Å². The third-order valence-corrected chi connectivity index (χ3v) is 4.19. The standard InChI is InChI=1S/C12H8BrN3S/c13-8-3-1-7(2-4-8)10-5-9-11(17-10)12(14)16-6-15-9/h1-6H,(H2,14,15,16). The fraction of sp³-hybridized carbons (Fsp3) is 0. The Hall–Kier alpha value is -1.46. The van der Waals surface area contributed by atoms with Gasteiger partial charge < -0.3 is 5.73 Å². The molecule has 0 radical (unpaired) electrons. The summed E-state index contributed by atoms with van der Waals surface area (Å²) in [5.74, 6) is 0.545. The molecular weight excluding hydrogens is 298 g/mol. The molecule has 0 aliphatic rings. The molecule has 84 valence electrons. The number of anilines is 1. The lowest BCUT2D eigenvalue weighted by atomic mass is 10.2. The first-order valence-electron chi connectivity index (χ1n) is 5.00. The van der Waals surface area contributed by atoms with Crippen molar-refractivity contribution < 1.29 is 0 Å². The highest BCUT2D eigenvalue weighted by atomic mass is 79.9. The van der Waals surface area contributed by atoms with Gasteiger partial charge in [0.15, 0.2) is 0 Å². The summed E-state index contributed by atoms with van der Waals surface area (Å²) in [5, 5.41) is 0. The normalized spacial score (nSPS) is 10.9. The highest BCUT2D eigenvalue weighted by molar-refractivity contribution is 9.10. The van der Waals surface area contributed by atoms with Crippen LogP contribution in [-0.4, -0.2) is 9.97 Å². The molecule has 0 amide bonds. The molecule has 0 unspecified atom stereocenters. The third-order valence-electron chi connectivity index (χ3n) is 2.47. The number of halogens is 1. The topological polar surface area (TPSA) is 51.8 Å². The minimum atomic E-state index is 0.545. The first-order valence-corrected chi connectivity index (χ1v) is 6.61. The Morgan fingerprint density at radius 1 is 1.12 bits per heavy atom. The summed E-state index contributed by atoms with van der Waals surface area (Å²) in [6.45, 7) is 0. The Kier molecular flexibility index (Phi) is 2.57. The summed E-state index contributed by atoms with van der Waals surface area (Å²) in [6, 6.07) is 10.2. The van der Waals surface area contributed by atoms with Gasteiger partial charge in [0.05, 0.1) is 10.2 Å². The molecule has 2 N–H and O–H groups in total. The predicted octanol–water partition coefficient (Wildman–Crippen LogP) is 3.70. The van der Waals surface area contributed by atoms with Crippen LogP contribution in [0.3, 0.4) is 0 Å². The number of nitrogens with two attached hydrogens (primary N) is 1. The van der Waals surface area contributed by atoms with Crippen LogP contribution in [0, 0.1) is 0 Å². The number of hydrogen-bond acceptors (Lipinski definition) is 4. The highest BCUT2D eigenvalue weighted by Gasteiger charge is 2.07. The zero-order valence-corrected chi connectivity index (χ0v) is 11.1. The molecule has 0 saturated carbocycles. The van der Waals surface area contributed by atoms with E-state index in [-0.39, 0.29) is 0 Å². The van der Waals surface area contributed by atoms with Crippen molar-refractivity contribution in [1.29, 1.82) is 0 Å². The van der Waals surface area contributed by atoms with Crippen LogP contribution in [0.5, 0.6) is 0 Å². The molecule has 0 spiro atoms. The van der Waals surface area contributed by atoms with Crippen molar-refractivity contribution in [3.8, 4) is 10.4 Å². The van der Waals surface area contributed by atoms with Crippen LogP contribution in [-0.2, 0) is 0 Å². The van der Waals surface area contributed by atoms with Crippen LogP contribution in [0.15, 0.2) is 41.1 Å². The lowest BCUT2D eigenvalue weighted by Crippen LogP contribution is -1.89. The van der Waals surface area contributed by atoms with Crippen molar-refractivity contribution >= 4 is 43.3 Å². The van der Waals surface area contributed by atoms with Gasteiger partial charge in [-0.1, -0.05) is 28.1 Å². The molecule has 0 saturated heterocycles. The molecule has 0 aliphatic carbocycles. The van der Waals surface area contributed by atoms with Crippen molar-refractivity contribution in [2.24, 2.45) is 0 Å². The Morgan fingerprint density at radius 2 is 1.88 bits per heavy atom. The molecule has 0 fully saturated rings. The van der Waals surface area contributed by atoms with Gasteiger partial charge in [-0.15, -0.1) is 11.3 Å². The van der Waals surface area contributed by atoms with E-state index in [0.717, 1.165) is 25.1 Å². The van der Waals surface area contributed by atoms with E-state index in [0.29, 0.717) is 5.82 Å². The van der Waals surface area contributed by atoms with Crippen molar-refractivity contribution in [2.75, 3.05) is 5.73 Å². The lowest BCUT2D eigenvalue weighted by Gasteiger charge is -1.96. The van der Waals surface area contributed by atoms with Crippen LogP contribution < -0.4 is 5.73 Å². The van der Waals surface area contributed by atoms with Gasteiger partial charge in [-0.2, -0.15) is 0 Å². The second-order valence-corrected chi connectivity index (χ2v) is 5.56. The third kappa shape index (κ3) is 1.92. The quantitative estimate of drug-likeness (QED) is 0.746. The van der Waals surface area contributed by atoms with Gasteiger partial charge in [-0.05, 0) is 23.8 Å². The molecule has 0 aliphatic heterocycles. The Bertz CT molecular complexity index is 676. The van der Waals surface area contributed by atoms with Gasteiger partial charge in [0.1, 0.15) is 12.1 Å². The van der Waals surface area contributed by atoms with Crippen molar-refractivity contribution in [2.45, 2.75) is 0 Å². The lowest BCUT2D eigenvalue weighted by molar-refractivity contribution is 1.24. The van der Waals surface area contributed by atoms with Crippen LogP contribution in [0.25, 0.3) is 20.7 Å². The molecular formula is C12H8BrN3S. The zero-order valence-electron chi connectivity index (χ0n) is 8.72. The van der Waals surface area contributed by atoms with E-state index in [1.807, 2.05) is 18.2 Å². The summed E-state index contributed by atoms with van der Waals surface area (Å²) >= 11 is 5.04. The smallest absolute Gasteiger partial charge is 0.144 e. The maximum Gasteiger partial charge on any atom is 0.144 e. The average Bonchev–Trinajstić information content (AvgIpc) is 2.75. The molecule has 0 bridgehead atoms. The van der Waals surface area contributed by atoms with Crippen LogP contribution >= 0.6 is 27.3 Å². The second kappa shape index (κ2) is 4.09. The maximum atomic E-state index is 5.82. The maximum absolute atomic E-state index is 5.82. The van der Waals surface area contributed by atoms with Gasteiger partial charge in [0.2, 0.25) is 0 Å². The van der Waals surface area contributed by atoms with E-state index in [2.05, 4.69) is 38.0 Å². The van der Waals surface area contributed by atoms with E-state index in [4.69, 9.17) is 5.73 Å². The average molecular weight is 306 g/mol. The summed E-state index contributed by atoms with van der Waals surface area (Å²) < 4.78 is 2.02. The Balaban J connectivity index is 2.18. The van der Waals surface area contributed by atoms with Crippen LogP contribution in [0.2, 0.25) is 0 Å². The molecule has 1 aromatic carbocycles. The molecule has 3 nitrogen and oxygen atoms in total. The van der Waals surface area contributed by atoms with Gasteiger partial charge in [0.25, 0.3) is 0 Å². The first kappa shape index (κ1) is 10.7. The summed E-state index contributed by atoms with van der Waals surface area (Å²) in [6.07, 6.45) is 1.50. The van der Waals surface area contributed by atoms with E-state index < -0.39 is 0 Å². The summed E-state index contributed by atoms with van der Waals surface area (Å²) in [5.41, 5.74) is 7.89. The predicted molar refractivity (Wildman–Crippen MR) is 75.0 cm³/mol.